The first-order valence-electron chi connectivity index (χ1n) is 14.0. The molecule has 0 radical (unpaired) electrons. The number of nitrogens with zero attached hydrogens (tertiary/aromatic N) is 5. The van der Waals surface area contributed by atoms with E-state index in [4.69, 9.17) is 24.4 Å². The maximum atomic E-state index is 6.11. The second kappa shape index (κ2) is 9.40. The number of benzene rings is 2. The summed E-state index contributed by atoms with van der Waals surface area (Å²) in [6.07, 6.45) is 3.77. The highest BCUT2D eigenvalue weighted by Crippen LogP contribution is 2.59. The Morgan fingerprint density at radius 2 is 1.85 bits per heavy atom. The van der Waals surface area contributed by atoms with Gasteiger partial charge in [0.05, 0.1) is 46.1 Å². The third kappa shape index (κ3) is 4.31. The molecule has 2 saturated heterocycles. The lowest BCUT2D eigenvalue weighted by Gasteiger charge is -2.32. The molecule has 5 heterocycles. The Labute approximate surface area is 231 Å². The van der Waals surface area contributed by atoms with E-state index < -0.39 is 0 Å². The number of fused-ring (bicyclic) bond motifs is 3. The summed E-state index contributed by atoms with van der Waals surface area (Å²) in [4.78, 5) is 17.3. The molecule has 2 aliphatic heterocycles. The standard InChI is InChI=1S/C31H31N5O2S/c1-3-8-25-23(6-1)32-28(36(25)18-22-12-15-37-22)19-35-14-13-31(16-21(31)17-35)27-10-5-11-29(34-27)38-20-30-33-24-7-2-4-9-26(24)39-30/h1-11,21-22H,12-20H2/t21-,22-,31+/m0/s1. The average molecular weight is 538 g/mol. The first kappa shape index (κ1) is 23.5. The maximum absolute atomic E-state index is 6.11. The van der Waals surface area contributed by atoms with Crippen LogP contribution in [0.4, 0.5) is 0 Å². The van der Waals surface area contributed by atoms with E-state index in [0.29, 0.717) is 24.5 Å². The molecule has 0 bridgehead atoms. The van der Waals surface area contributed by atoms with Gasteiger partial charge in [0.25, 0.3) is 0 Å². The Morgan fingerprint density at radius 3 is 2.69 bits per heavy atom. The zero-order valence-corrected chi connectivity index (χ0v) is 22.6. The molecule has 198 valence electrons. The van der Waals surface area contributed by atoms with E-state index in [1.165, 1.54) is 22.3 Å². The third-order valence-corrected chi connectivity index (χ3v) is 9.79. The topological polar surface area (TPSA) is 65.3 Å². The fourth-order valence-electron chi connectivity index (χ4n) is 6.44. The molecule has 3 aromatic heterocycles. The van der Waals surface area contributed by atoms with Crippen molar-refractivity contribution < 1.29 is 9.47 Å². The molecule has 0 spiro atoms. The molecule has 3 atom stereocenters. The van der Waals surface area contributed by atoms with Gasteiger partial charge in [-0.2, -0.15) is 0 Å². The highest BCUT2D eigenvalue weighted by molar-refractivity contribution is 7.18. The molecule has 7 nitrogen and oxygen atoms in total. The van der Waals surface area contributed by atoms with Crippen LogP contribution in [0.15, 0.2) is 66.7 Å². The minimum Gasteiger partial charge on any atom is -0.470 e. The fraction of sp³-hybridized carbons (Fsp3) is 0.387. The number of thiazole rings is 1. The number of ether oxygens (including phenoxy) is 2. The Hall–Kier alpha value is -3.33. The van der Waals surface area contributed by atoms with Gasteiger partial charge in [0.15, 0.2) is 0 Å². The first-order chi connectivity index (χ1) is 19.2. The molecule has 39 heavy (non-hydrogen) atoms. The van der Waals surface area contributed by atoms with E-state index >= 15 is 0 Å². The van der Waals surface area contributed by atoms with Gasteiger partial charge in [0.2, 0.25) is 5.88 Å². The summed E-state index contributed by atoms with van der Waals surface area (Å²) in [7, 11) is 0. The SMILES string of the molecule is c1cc(OCc2nc3ccccc3s2)nc([C@@]23CCN(Cc4nc5ccccc5n4C[C@@H]4CCO4)C[C@@H]2C3)c1. The molecular formula is C31H31N5O2S. The molecule has 3 fully saturated rings. The summed E-state index contributed by atoms with van der Waals surface area (Å²) < 4.78 is 15.5. The monoisotopic (exact) mass is 537 g/mol. The van der Waals surface area contributed by atoms with E-state index in [-0.39, 0.29) is 5.41 Å². The van der Waals surface area contributed by atoms with Gasteiger partial charge in [0, 0.05) is 24.6 Å². The minimum absolute atomic E-state index is 0.186. The Bertz CT molecular complexity index is 1630. The Balaban J connectivity index is 0.946. The van der Waals surface area contributed by atoms with Crippen molar-refractivity contribution in [1.29, 1.82) is 0 Å². The van der Waals surface area contributed by atoms with Crippen molar-refractivity contribution in [1.82, 2.24) is 24.4 Å². The predicted octanol–water partition coefficient (Wildman–Crippen LogP) is 5.57. The summed E-state index contributed by atoms with van der Waals surface area (Å²) in [5.41, 5.74) is 4.69. The van der Waals surface area contributed by atoms with Gasteiger partial charge >= 0.3 is 0 Å². The number of hydrogen-bond donors (Lipinski definition) is 0. The van der Waals surface area contributed by atoms with Crippen LogP contribution in [0.3, 0.4) is 0 Å². The smallest absolute Gasteiger partial charge is 0.213 e. The van der Waals surface area contributed by atoms with Gasteiger partial charge < -0.3 is 14.0 Å². The van der Waals surface area contributed by atoms with Gasteiger partial charge in [-0.1, -0.05) is 30.3 Å². The summed E-state index contributed by atoms with van der Waals surface area (Å²) in [6, 6.07) is 23.0. The van der Waals surface area contributed by atoms with E-state index in [1.807, 2.05) is 24.3 Å². The number of pyridine rings is 1. The lowest BCUT2D eigenvalue weighted by molar-refractivity contribution is -0.0592. The van der Waals surface area contributed by atoms with Crippen molar-refractivity contribution >= 4 is 32.6 Å². The maximum Gasteiger partial charge on any atom is 0.213 e. The van der Waals surface area contributed by atoms with Gasteiger partial charge in [-0.25, -0.2) is 15.0 Å². The van der Waals surface area contributed by atoms with Crippen LogP contribution in [0.25, 0.3) is 21.3 Å². The lowest BCUT2D eigenvalue weighted by Crippen LogP contribution is -2.37. The highest BCUT2D eigenvalue weighted by atomic mass is 32.1. The molecule has 1 saturated carbocycles. The van der Waals surface area contributed by atoms with Gasteiger partial charge in [0.1, 0.15) is 17.4 Å². The Morgan fingerprint density at radius 1 is 0.974 bits per heavy atom. The van der Waals surface area contributed by atoms with Crippen molar-refractivity contribution in [3.8, 4) is 5.88 Å². The van der Waals surface area contributed by atoms with Crippen LogP contribution in [0, 0.1) is 5.92 Å². The van der Waals surface area contributed by atoms with Crippen molar-refractivity contribution in [3.05, 3.63) is 83.3 Å². The lowest BCUT2D eigenvalue weighted by atomic mass is 9.91. The molecule has 0 unspecified atom stereocenters. The van der Waals surface area contributed by atoms with Crippen LogP contribution in [0.1, 0.15) is 35.8 Å². The second-order valence-electron chi connectivity index (χ2n) is 11.2. The molecule has 8 rings (SSSR count). The fourth-order valence-corrected chi connectivity index (χ4v) is 7.32. The van der Waals surface area contributed by atoms with Crippen LogP contribution in [0.5, 0.6) is 5.88 Å². The van der Waals surface area contributed by atoms with Gasteiger partial charge in [-0.15, -0.1) is 11.3 Å². The van der Waals surface area contributed by atoms with E-state index in [1.54, 1.807) is 11.3 Å². The Kier molecular flexibility index (Phi) is 5.67. The summed E-state index contributed by atoms with van der Waals surface area (Å²) in [5.74, 6) is 2.48. The highest BCUT2D eigenvalue weighted by Gasteiger charge is 2.58. The van der Waals surface area contributed by atoms with E-state index in [2.05, 4.69) is 51.9 Å². The average Bonchev–Trinajstić information content (AvgIpc) is 3.37. The number of rotatable bonds is 8. The van der Waals surface area contributed by atoms with Crippen molar-refractivity contribution in [2.45, 2.75) is 50.5 Å². The normalized spacial score (nSPS) is 24.5. The van der Waals surface area contributed by atoms with Gasteiger partial charge in [-0.05, 0) is 62.1 Å². The number of likely N-dealkylation sites (tertiary alicyclic amines) is 1. The summed E-state index contributed by atoms with van der Waals surface area (Å²) >= 11 is 1.68. The molecular weight excluding hydrogens is 506 g/mol. The first-order valence-corrected chi connectivity index (χ1v) is 14.8. The zero-order valence-electron chi connectivity index (χ0n) is 21.8. The van der Waals surface area contributed by atoms with Crippen molar-refractivity contribution in [3.63, 3.8) is 0 Å². The summed E-state index contributed by atoms with van der Waals surface area (Å²) in [6.45, 7) is 5.24. The summed E-state index contributed by atoms with van der Waals surface area (Å²) in [5, 5.41) is 0.981. The van der Waals surface area contributed by atoms with Crippen LogP contribution in [-0.4, -0.2) is 50.2 Å². The largest absolute Gasteiger partial charge is 0.470 e. The molecule has 1 aliphatic carbocycles. The molecule has 2 aromatic carbocycles. The predicted molar refractivity (Wildman–Crippen MR) is 152 cm³/mol. The van der Waals surface area contributed by atoms with Crippen LogP contribution < -0.4 is 4.74 Å². The van der Waals surface area contributed by atoms with Crippen molar-refractivity contribution in [2.75, 3.05) is 19.7 Å². The molecule has 8 heteroatoms. The van der Waals surface area contributed by atoms with Crippen LogP contribution >= 0.6 is 11.3 Å². The molecule has 0 N–H and O–H groups in total. The van der Waals surface area contributed by atoms with E-state index in [9.17, 15) is 0 Å². The third-order valence-electron chi connectivity index (χ3n) is 8.78. The number of hydrogen-bond acceptors (Lipinski definition) is 7. The molecule has 3 aliphatic rings. The van der Waals surface area contributed by atoms with Gasteiger partial charge in [-0.3, -0.25) is 4.90 Å². The quantitative estimate of drug-likeness (QED) is 0.258. The second-order valence-corrected chi connectivity index (χ2v) is 12.3. The van der Waals surface area contributed by atoms with Crippen LogP contribution in [0.2, 0.25) is 0 Å². The minimum atomic E-state index is 0.186. The van der Waals surface area contributed by atoms with E-state index in [0.717, 1.165) is 67.5 Å². The number of para-hydroxylation sites is 3. The number of imidazole rings is 1. The van der Waals surface area contributed by atoms with Crippen LogP contribution in [-0.2, 0) is 29.8 Å². The number of piperidine rings is 1. The zero-order chi connectivity index (χ0) is 25.8. The number of aromatic nitrogens is 4. The molecule has 0 amide bonds. The van der Waals surface area contributed by atoms with Crippen molar-refractivity contribution in [2.24, 2.45) is 5.92 Å². The molecule has 5 aromatic rings.